The van der Waals surface area contributed by atoms with Crippen LogP contribution in [-0.2, 0) is 9.53 Å². The second-order valence-electron chi connectivity index (χ2n) is 5.15. The third kappa shape index (κ3) is 3.20. The third-order valence-electron chi connectivity index (χ3n) is 2.38. The van der Waals surface area contributed by atoms with E-state index in [0.29, 0.717) is 6.42 Å². The minimum absolute atomic E-state index is 0.123. The van der Waals surface area contributed by atoms with Crippen molar-refractivity contribution in [3.8, 4) is 0 Å². The molecule has 0 aromatic rings. The molecule has 0 spiro atoms. The quantitative estimate of drug-likeness (QED) is 0.726. The van der Waals surface area contributed by atoms with Gasteiger partial charge in [0.2, 0.25) is 0 Å². The Labute approximate surface area is 95.4 Å². The molecule has 1 rings (SSSR count). The van der Waals surface area contributed by atoms with Crippen LogP contribution in [0.15, 0.2) is 0 Å². The van der Waals surface area contributed by atoms with E-state index in [1.54, 1.807) is 20.8 Å². The maximum atomic E-state index is 11.8. The third-order valence-corrected chi connectivity index (χ3v) is 2.38. The number of rotatable bonds is 1. The van der Waals surface area contributed by atoms with Crippen molar-refractivity contribution in [3.63, 3.8) is 0 Å². The fourth-order valence-corrected chi connectivity index (χ4v) is 1.72. The zero-order valence-corrected chi connectivity index (χ0v) is 10.2. The maximum absolute atomic E-state index is 11.8. The summed E-state index contributed by atoms with van der Waals surface area (Å²) < 4.78 is 5.17. The van der Waals surface area contributed by atoms with Gasteiger partial charge < -0.3 is 9.84 Å². The molecule has 0 saturated carbocycles. The van der Waals surface area contributed by atoms with E-state index in [4.69, 9.17) is 4.74 Å². The fraction of sp³-hybridized carbons (Fsp3) is 0.818. The number of aliphatic hydroxyl groups is 1. The highest BCUT2D eigenvalue weighted by Crippen LogP contribution is 2.21. The van der Waals surface area contributed by atoms with Gasteiger partial charge in [0.15, 0.2) is 5.78 Å². The van der Waals surface area contributed by atoms with Crippen molar-refractivity contribution in [1.29, 1.82) is 0 Å². The zero-order chi connectivity index (χ0) is 12.5. The largest absolute Gasteiger partial charge is 0.444 e. The Bertz CT molecular complexity index is 295. The minimum atomic E-state index is -0.638. The molecule has 0 unspecified atom stereocenters. The van der Waals surface area contributed by atoms with Gasteiger partial charge in [-0.2, -0.15) is 0 Å². The summed E-state index contributed by atoms with van der Waals surface area (Å²) in [6.07, 6.45) is -0.875. The molecular weight excluding hydrogens is 210 g/mol. The molecule has 1 N–H and O–H groups in total. The Hall–Kier alpha value is -1.10. The van der Waals surface area contributed by atoms with Gasteiger partial charge in [-0.3, -0.25) is 9.69 Å². The fourth-order valence-electron chi connectivity index (χ4n) is 1.72. The first-order chi connectivity index (χ1) is 7.20. The zero-order valence-electron chi connectivity index (χ0n) is 10.2. The van der Waals surface area contributed by atoms with E-state index in [0.717, 1.165) is 0 Å². The summed E-state index contributed by atoms with van der Waals surface area (Å²) in [5.74, 6) is -0.123. The number of hydrogen-bond donors (Lipinski definition) is 1. The lowest BCUT2D eigenvalue weighted by atomic mass is 10.1. The number of nitrogens with zero attached hydrogens (tertiary/aromatic N) is 1. The van der Waals surface area contributed by atoms with Crippen LogP contribution in [0.4, 0.5) is 4.79 Å². The van der Waals surface area contributed by atoms with Crippen LogP contribution in [0, 0.1) is 0 Å². The van der Waals surface area contributed by atoms with Crippen LogP contribution in [0.25, 0.3) is 0 Å². The predicted octanol–water partition coefficient (Wildman–Crippen LogP) is 0.946. The summed E-state index contributed by atoms with van der Waals surface area (Å²) in [6.45, 7) is 6.87. The second-order valence-corrected chi connectivity index (χ2v) is 5.15. The van der Waals surface area contributed by atoms with Crippen molar-refractivity contribution in [1.82, 2.24) is 4.90 Å². The van der Waals surface area contributed by atoms with Crippen LogP contribution in [0.2, 0.25) is 0 Å². The van der Waals surface area contributed by atoms with Crippen molar-refractivity contribution >= 4 is 11.9 Å². The first-order valence-electron chi connectivity index (χ1n) is 5.39. The molecule has 0 aromatic carbocycles. The van der Waals surface area contributed by atoms with Gasteiger partial charge in [0.25, 0.3) is 0 Å². The van der Waals surface area contributed by atoms with Gasteiger partial charge in [0, 0.05) is 6.42 Å². The number of hydrogen-bond acceptors (Lipinski definition) is 4. The molecule has 5 nitrogen and oxygen atoms in total. The topological polar surface area (TPSA) is 66.8 Å². The molecule has 2 atom stereocenters. The van der Waals surface area contributed by atoms with E-state index in [2.05, 4.69) is 0 Å². The van der Waals surface area contributed by atoms with Crippen LogP contribution in [0.5, 0.6) is 0 Å². The summed E-state index contributed by atoms with van der Waals surface area (Å²) in [4.78, 5) is 24.4. The molecule has 0 aromatic heterocycles. The van der Waals surface area contributed by atoms with Gasteiger partial charge in [0.05, 0.1) is 18.7 Å². The highest BCUT2D eigenvalue weighted by molar-refractivity contribution is 5.86. The normalized spacial score (nSPS) is 25.7. The molecule has 5 heteroatoms. The van der Waals surface area contributed by atoms with E-state index in [1.807, 2.05) is 0 Å². The Kier molecular flexibility index (Phi) is 3.57. The Morgan fingerprint density at radius 3 is 2.38 bits per heavy atom. The van der Waals surface area contributed by atoms with Crippen molar-refractivity contribution in [2.75, 3.05) is 6.54 Å². The van der Waals surface area contributed by atoms with Crippen molar-refractivity contribution < 1.29 is 19.4 Å². The number of ether oxygens (including phenoxy) is 1. The van der Waals surface area contributed by atoms with Crippen LogP contribution >= 0.6 is 0 Å². The Morgan fingerprint density at radius 2 is 1.94 bits per heavy atom. The highest BCUT2D eigenvalue weighted by atomic mass is 16.6. The number of Topliss-reactive ketones (excluding diaryl/α,β-unsaturated/α-hetero) is 1. The monoisotopic (exact) mass is 229 g/mol. The number of likely N-dealkylation sites (tertiary alicyclic amines) is 1. The van der Waals surface area contributed by atoms with Gasteiger partial charge in [-0.25, -0.2) is 4.79 Å². The van der Waals surface area contributed by atoms with Crippen molar-refractivity contribution in [2.45, 2.75) is 51.9 Å². The van der Waals surface area contributed by atoms with Crippen LogP contribution < -0.4 is 0 Å². The summed E-state index contributed by atoms with van der Waals surface area (Å²) in [5, 5.41) is 9.46. The number of carbonyl (C=O) groups excluding carboxylic acids is 2. The lowest BCUT2D eigenvalue weighted by Gasteiger charge is -2.27. The molecule has 1 heterocycles. The van der Waals surface area contributed by atoms with Gasteiger partial charge >= 0.3 is 6.09 Å². The predicted molar refractivity (Wildman–Crippen MR) is 58.0 cm³/mol. The Balaban J connectivity index is 2.71. The lowest BCUT2D eigenvalue weighted by molar-refractivity contribution is -0.121. The molecule has 0 aliphatic carbocycles. The Morgan fingerprint density at radius 1 is 1.38 bits per heavy atom. The van der Waals surface area contributed by atoms with Crippen molar-refractivity contribution in [2.24, 2.45) is 0 Å². The number of β-amino-alcohol motifs (C(OH)–C–C–N with tert-alkyl or cyclic N) is 1. The van der Waals surface area contributed by atoms with Gasteiger partial charge in [-0.05, 0) is 27.7 Å². The maximum Gasteiger partial charge on any atom is 0.410 e. The molecule has 1 amide bonds. The summed E-state index contributed by atoms with van der Waals surface area (Å²) >= 11 is 0. The van der Waals surface area contributed by atoms with E-state index in [-0.39, 0.29) is 12.3 Å². The lowest BCUT2D eigenvalue weighted by Crippen LogP contribution is -2.42. The molecular formula is C11H19NO4. The summed E-state index contributed by atoms with van der Waals surface area (Å²) in [7, 11) is 0. The molecule has 92 valence electrons. The molecule has 16 heavy (non-hydrogen) atoms. The van der Waals surface area contributed by atoms with E-state index < -0.39 is 23.8 Å². The first-order valence-corrected chi connectivity index (χ1v) is 5.39. The molecule has 1 saturated heterocycles. The van der Waals surface area contributed by atoms with Gasteiger partial charge in [0.1, 0.15) is 5.60 Å². The standard InChI is InChI=1S/C11H19NO4/c1-7(13)9-5-8(14)6-12(9)10(15)16-11(2,3)4/h8-9,14H,5-6H2,1-4H3/t8-,9+/m1/s1. The summed E-state index contributed by atoms with van der Waals surface area (Å²) in [5.41, 5.74) is -0.591. The molecule has 0 bridgehead atoms. The van der Waals surface area contributed by atoms with Crippen LogP contribution in [0.3, 0.4) is 0 Å². The molecule has 0 radical (unpaired) electrons. The number of ketones is 1. The molecule has 1 aliphatic rings. The van der Waals surface area contributed by atoms with E-state index >= 15 is 0 Å². The molecule has 1 fully saturated rings. The average molecular weight is 229 g/mol. The van der Waals surface area contributed by atoms with Crippen LogP contribution in [0.1, 0.15) is 34.1 Å². The van der Waals surface area contributed by atoms with Gasteiger partial charge in [-0.1, -0.05) is 0 Å². The number of amides is 1. The highest BCUT2D eigenvalue weighted by Gasteiger charge is 2.39. The summed E-state index contributed by atoms with van der Waals surface area (Å²) in [6, 6.07) is -0.551. The van der Waals surface area contributed by atoms with Gasteiger partial charge in [-0.15, -0.1) is 0 Å². The number of carbonyl (C=O) groups is 2. The minimum Gasteiger partial charge on any atom is -0.444 e. The van der Waals surface area contributed by atoms with E-state index in [9.17, 15) is 14.7 Å². The first kappa shape index (κ1) is 13.0. The number of aliphatic hydroxyl groups excluding tert-OH is 1. The molecule has 1 aliphatic heterocycles. The average Bonchev–Trinajstić information content (AvgIpc) is 2.44. The smallest absolute Gasteiger partial charge is 0.410 e. The second kappa shape index (κ2) is 4.41. The van der Waals surface area contributed by atoms with Crippen LogP contribution in [-0.4, -0.2) is 46.2 Å². The van der Waals surface area contributed by atoms with E-state index in [1.165, 1.54) is 11.8 Å². The van der Waals surface area contributed by atoms with Crippen molar-refractivity contribution in [3.05, 3.63) is 0 Å². The SMILES string of the molecule is CC(=O)[C@@H]1C[C@@H](O)CN1C(=O)OC(C)(C)C.